The molecule has 0 aromatic heterocycles. The molecule has 0 heterocycles. The highest BCUT2D eigenvalue weighted by Gasteiger charge is 2.20. The maximum atomic E-state index is 11.4. The van der Waals surface area contributed by atoms with Crippen LogP contribution >= 0.6 is 11.6 Å². The van der Waals surface area contributed by atoms with Gasteiger partial charge >= 0.3 is 0 Å². The first kappa shape index (κ1) is 13.3. The lowest BCUT2D eigenvalue weighted by Crippen LogP contribution is -2.08. The zero-order valence-corrected chi connectivity index (χ0v) is 10.3. The van der Waals surface area contributed by atoms with Crippen molar-refractivity contribution in [2.45, 2.75) is 0 Å². The van der Waals surface area contributed by atoms with Gasteiger partial charge in [0.25, 0.3) is 5.24 Å². The number of halogens is 1. The molecular weight excluding hydrogens is 248 g/mol. The number of carbonyl (C=O) groups excluding carboxylic acids is 2. The molecule has 0 aliphatic heterocycles. The Hall–Kier alpha value is -1.75. The van der Waals surface area contributed by atoms with Crippen LogP contribution in [0, 0.1) is 0 Å². The predicted octanol–water partition coefficient (Wildman–Crippen LogP) is 1.66. The minimum absolute atomic E-state index is 0.0829. The fourth-order valence-corrected chi connectivity index (χ4v) is 1.43. The van der Waals surface area contributed by atoms with Crippen LogP contribution in [0.15, 0.2) is 12.1 Å². The molecule has 17 heavy (non-hydrogen) atoms. The lowest BCUT2D eigenvalue weighted by molar-refractivity contribution is -0.108. The van der Waals surface area contributed by atoms with Gasteiger partial charge in [-0.1, -0.05) is 0 Å². The summed E-state index contributed by atoms with van der Waals surface area (Å²) in [6.07, 6.45) is 0. The van der Waals surface area contributed by atoms with Gasteiger partial charge in [0, 0.05) is 5.56 Å². The van der Waals surface area contributed by atoms with E-state index in [0.29, 0.717) is 5.75 Å². The highest BCUT2D eigenvalue weighted by Crippen LogP contribution is 2.38. The second-order valence-corrected chi connectivity index (χ2v) is 3.36. The van der Waals surface area contributed by atoms with Gasteiger partial charge in [-0.15, -0.1) is 0 Å². The summed E-state index contributed by atoms with van der Waals surface area (Å²) in [5, 5.41) is -1.07. The highest BCUT2D eigenvalue weighted by atomic mass is 35.5. The van der Waals surface area contributed by atoms with E-state index in [1.165, 1.54) is 33.5 Å². The molecule has 0 unspecified atom stereocenters. The summed E-state index contributed by atoms with van der Waals surface area (Å²) in [7, 11) is 4.26. The molecule has 0 fully saturated rings. The third-order valence-corrected chi connectivity index (χ3v) is 2.28. The molecule has 0 spiro atoms. The summed E-state index contributed by atoms with van der Waals surface area (Å²) in [6.45, 7) is 0. The van der Waals surface area contributed by atoms with Gasteiger partial charge in [-0.05, 0) is 23.7 Å². The lowest BCUT2D eigenvalue weighted by Gasteiger charge is -2.12. The van der Waals surface area contributed by atoms with Gasteiger partial charge in [0.2, 0.25) is 11.5 Å². The van der Waals surface area contributed by atoms with Crippen LogP contribution in [0.25, 0.3) is 0 Å². The maximum absolute atomic E-state index is 11.4. The zero-order valence-electron chi connectivity index (χ0n) is 9.57. The van der Waals surface area contributed by atoms with Crippen molar-refractivity contribution in [2.75, 3.05) is 21.3 Å². The van der Waals surface area contributed by atoms with E-state index < -0.39 is 11.0 Å². The smallest absolute Gasteiger partial charge is 0.293 e. The Morgan fingerprint density at radius 1 is 1.00 bits per heavy atom. The van der Waals surface area contributed by atoms with Crippen LogP contribution < -0.4 is 14.2 Å². The quantitative estimate of drug-likeness (QED) is 0.457. The van der Waals surface area contributed by atoms with Gasteiger partial charge in [-0.2, -0.15) is 0 Å². The molecule has 0 saturated carbocycles. The Kier molecular flexibility index (Phi) is 4.34. The van der Waals surface area contributed by atoms with E-state index in [0.717, 1.165) is 0 Å². The summed E-state index contributed by atoms with van der Waals surface area (Å²) in [5.74, 6) is 0.0840. The number of Topliss-reactive ketones (excluding diaryl/α,β-unsaturated/α-hetero) is 1. The molecule has 0 radical (unpaired) electrons. The second kappa shape index (κ2) is 5.54. The normalized spacial score (nSPS) is 9.65. The first-order valence-corrected chi connectivity index (χ1v) is 4.97. The van der Waals surface area contributed by atoms with Gasteiger partial charge < -0.3 is 14.2 Å². The highest BCUT2D eigenvalue weighted by molar-refractivity contribution is 6.83. The van der Waals surface area contributed by atoms with Crippen molar-refractivity contribution in [1.82, 2.24) is 0 Å². The molecule has 1 aromatic rings. The van der Waals surface area contributed by atoms with Crippen LogP contribution in [0.1, 0.15) is 10.4 Å². The summed E-state index contributed by atoms with van der Waals surface area (Å²) in [6, 6.07) is 2.73. The van der Waals surface area contributed by atoms with Crippen LogP contribution in [0.4, 0.5) is 0 Å². The molecule has 92 valence electrons. The second-order valence-electron chi connectivity index (χ2n) is 3.02. The Morgan fingerprint density at radius 3 is 1.76 bits per heavy atom. The topological polar surface area (TPSA) is 61.8 Å². The number of rotatable bonds is 5. The summed E-state index contributed by atoms with van der Waals surface area (Å²) < 4.78 is 15.1. The summed E-state index contributed by atoms with van der Waals surface area (Å²) in [4.78, 5) is 22.2. The summed E-state index contributed by atoms with van der Waals surface area (Å²) >= 11 is 5.13. The van der Waals surface area contributed by atoms with Gasteiger partial charge in [0.05, 0.1) is 21.3 Å². The number of ketones is 1. The van der Waals surface area contributed by atoms with E-state index >= 15 is 0 Å². The Bertz CT molecular complexity index is 430. The van der Waals surface area contributed by atoms with Crippen LogP contribution in [-0.2, 0) is 4.79 Å². The molecular formula is C11H11ClO5. The van der Waals surface area contributed by atoms with E-state index in [1.807, 2.05) is 0 Å². The minimum atomic E-state index is -1.07. The minimum Gasteiger partial charge on any atom is -0.493 e. The van der Waals surface area contributed by atoms with Gasteiger partial charge in [-0.25, -0.2) is 0 Å². The van der Waals surface area contributed by atoms with Crippen LogP contribution in [0.3, 0.4) is 0 Å². The Balaban J connectivity index is 3.37. The van der Waals surface area contributed by atoms with E-state index in [4.69, 9.17) is 25.8 Å². The zero-order chi connectivity index (χ0) is 13.0. The number of hydrogen-bond donors (Lipinski definition) is 0. The standard InChI is InChI=1S/C11H11ClO5/c1-15-7-4-6(9(13)11(12)14)5-8(16-2)10(7)17-3/h4-5H,1-3H3. The number of benzene rings is 1. The SMILES string of the molecule is COc1cc(C(=O)C(=O)Cl)cc(OC)c1OC. The average Bonchev–Trinajstić information content (AvgIpc) is 2.35. The monoisotopic (exact) mass is 258 g/mol. The molecule has 0 bridgehead atoms. The first-order chi connectivity index (χ1) is 8.04. The molecule has 6 heteroatoms. The maximum Gasteiger partial charge on any atom is 0.293 e. The predicted molar refractivity (Wildman–Crippen MR) is 61.3 cm³/mol. The van der Waals surface area contributed by atoms with Gasteiger partial charge in [0.1, 0.15) is 0 Å². The molecule has 0 saturated heterocycles. The lowest BCUT2D eigenvalue weighted by atomic mass is 10.1. The number of carbonyl (C=O) groups is 2. The first-order valence-electron chi connectivity index (χ1n) is 4.59. The average molecular weight is 259 g/mol. The fraction of sp³-hybridized carbons (Fsp3) is 0.273. The Labute approximate surface area is 103 Å². The Morgan fingerprint density at radius 2 is 1.47 bits per heavy atom. The number of hydrogen-bond acceptors (Lipinski definition) is 5. The van der Waals surface area contributed by atoms with Crippen molar-refractivity contribution < 1.29 is 23.8 Å². The van der Waals surface area contributed by atoms with E-state index in [2.05, 4.69) is 0 Å². The molecule has 0 atom stereocenters. The van der Waals surface area contributed by atoms with Gasteiger partial charge in [-0.3, -0.25) is 9.59 Å². The molecule has 0 amide bonds. The molecule has 0 N–H and O–H groups in total. The van der Waals surface area contributed by atoms with Crippen LogP contribution in [0.5, 0.6) is 17.2 Å². The largest absolute Gasteiger partial charge is 0.493 e. The number of ether oxygens (including phenoxy) is 3. The molecule has 5 nitrogen and oxygen atoms in total. The van der Waals surface area contributed by atoms with Crippen molar-refractivity contribution in [3.8, 4) is 17.2 Å². The molecule has 0 aliphatic carbocycles. The van der Waals surface area contributed by atoms with Crippen molar-refractivity contribution in [1.29, 1.82) is 0 Å². The summed E-state index contributed by atoms with van der Waals surface area (Å²) in [5.41, 5.74) is 0.0829. The third-order valence-electron chi connectivity index (χ3n) is 2.11. The van der Waals surface area contributed by atoms with Crippen LogP contribution in [0.2, 0.25) is 0 Å². The molecule has 1 rings (SSSR count). The van der Waals surface area contributed by atoms with Crippen molar-refractivity contribution in [3.63, 3.8) is 0 Å². The van der Waals surface area contributed by atoms with Crippen molar-refractivity contribution in [3.05, 3.63) is 17.7 Å². The fourth-order valence-electron chi connectivity index (χ4n) is 1.33. The van der Waals surface area contributed by atoms with E-state index in [9.17, 15) is 9.59 Å². The van der Waals surface area contributed by atoms with Gasteiger partial charge in [0.15, 0.2) is 11.5 Å². The van der Waals surface area contributed by atoms with Crippen molar-refractivity contribution >= 4 is 22.6 Å². The van der Waals surface area contributed by atoms with Crippen LogP contribution in [-0.4, -0.2) is 32.4 Å². The molecule has 1 aromatic carbocycles. The van der Waals surface area contributed by atoms with Crippen molar-refractivity contribution in [2.24, 2.45) is 0 Å². The number of methoxy groups -OCH3 is 3. The van der Waals surface area contributed by atoms with E-state index in [-0.39, 0.29) is 17.1 Å². The molecule has 0 aliphatic rings. The van der Waals surface area contributed by atoms with E-state index in [1.54, 1.807) is 0 Å². The third kappa shape index (κ3) is 2.68.